The molecule has 0 saturated carbocycles. The highest BCUT2D eigenvalue weighted by Crippen LogP contribution is 2.45. The van der Waals surface area contributed by atoms with E-state index in [1.807, 2.05) is 36.7 Å². The number of aryl methyl sites for hydroxylation is 2. The molecule has 2 atom stereocenters. The normalized spacial score (nSPS) is 17.3. The van der Waals surface area contributed by atoms with Crippen molar-refractivity contribution in [1.29, 1.82) is 0 Å². The number of hydrogen-bond acceptors (Lipinski definition) is 6. The molecule has 0 radical (unpaired) electrons. The largest absolute Gasteiger partial charge is 0.492 e. The molecule has 4 aromatic rings. The van der Waals surface area contributed by atoms with E-state index in [9.17, 15) is 4.79 Å². The third kappa shape index (κ3) is 4.62. The van der Waals surface area contributed by atoms with Crippen LogP contribution in [0, 0.1) is 19.7 Å². The average Bonchev–Trinajstić information content (AvgIpc) is 3.54. The lowest BCUT2D eigenvalue weighted by atomic mass is 9.88. The molecule has 0 spiro atoms. The van der Waals surface area contributed by atoms with Crippen molar-refractivity contribution in [3.8, 4) is 33.8 Å². The Kier molecular flexibility index (Phi) is 6.51. The number of aromatic nitrogens is 2. The lowest BCUT2D eigenvalue weighted by Crippen LogP contribution is -2.09. The number of hydrogen-bond donors (Lipinski definition) is 0. The molecule has 2 heterocycles. The fourth-order valence-corrected chi connectivity index (χ4v) is 5.98. The van der Waals surface area contributed by atoms with Crippen LogP contribution in [0.4, 0.5) is 4.39 Å². The zero-order valence-corrected chi connectivity index (χ0v) is 22.2. The second kappa shape index (κ2) is 10.1. The maximum absolute atomic E-state index is 15.3. The SMILES string of the molecule is COC(=O)CC1COc2cc(O[C@@H]3CCc4c(-c5c(C)cc(-c6cncnc6)cc5C)ccc(F)c43)ccc21. The number of carbonyl (C=O) groups is 1. The number of esters is 1. The van der Waals surface area contributed by atoms with Gasteiger partial charge in [-0.3, -0.25) is 4.79 Å². The molecule has 198 valence electrons. The summed E-state index contributed by atoms with van der Waals surface area (Å²) >= 11 is 0. The van der Waals surface area contributed by atoms with Gasteiger partial charge in [0, 0.05) is 41.1 Å². The third-order valence-corrected chi connectivity index (χ3v) is 7.76. The maximum atomic E-state index is 15.3. The van der Waals surface area contributed by atoms with E-state index in [4.69, 9.17) is 14.2 Å². The number of halogens is 1. The Hall–Kier alpha value is -4.26. The van der Waals surface area contributed by atoms with Gasteiger partial charge in [0.25, 0.3) is 0 Å². The molecule has 0 amide bonds. The smallest absolute Gasteiger partial charge is 0.306 e. The molecule has 1 unspecified atom stereocenters. The van der Waals surface area contributed by atoms with Crippen molar-refractivity contribution in [2.75, 3.05) is 13.7 Å². The molecule has 0 bridgehead atoms. The standard InChI is InChI=1S/C32H29FN2O4/c1-18-10-20(22-14-34-17-35-15-22)11-19(2)31(18)25-6-8-27(33)32-26(25)7-9-28(32)39-23-4-5-24-21(12-30(36)37-3)16-38-29(24)13-23/h4-6,8,10-11,13-15,17,21,28H,7,9,12,16H2,1-3H3/t21?,28-/m1/s1. The Bertz CT molecular complexity index is 1550. The monoisotopic (exact) mass is 524 g/mol. The van der Waals surface area contributed by atoms with Crippen LogP contribution in [0.25, 0.3) is 22.3 Å². The van der Waals surface area contributed by atoms with Crippen molar-refractivity contribution < 1.29 is 23.4 Å². The van der Waals surface area contributed by atoms with E-state index in [0.29, 0.717) is 30.1 Å². The summed E-state index contributed by atoms with van der Waals surface area (Å²) in [6.07, 6.45) is 6.42. The highest BCUT2D eigenvalue weighted by molar-refractivity contribution is 5.79. The van der Waals surface area contributed by atoms with Gasteiger partial charge >= 0.3 is 5.97 Å². The Labute approximate surface area is 226 Å². The van der Waals surface area contributed by atoms with Crippen LogP contribution in [0.2, 0.25) is 0 Å². The average molecular weight is 525 g/mol. The predicted molar refractivity (Wildman–Crippen MR) is 145 cm³/mol. The summed E-state index contributed by atoms with van der Waals surface area (Å²) in [7, 11) is 1.39. The summed E-state index contributed by atoms with van der Waals surface area (Å²) in [4.78, 5) is 20.0. The summed E-state index contributed by atoms with van der Waals surface area (Å²) in [5.74, 6) is 0.766. The van der Waals surface area contributed by atoms with E-state index in [-0.39, 0.29) is 24.1 Å². The Balaban J connectivity index is 1.29. The minimum absolute atomic E-state index is 0.0407. The van der Waals surface area contributed by atoms with Crippen LogP contribution < -0.4 is 9.47 Å². The van der Waals surface area contributed by atoms with Gasteiger partial charge in [-0.25, -0.2) is 14.4 Å². The van der Waals surface area contributed by atoms with E-state index >= 15 is 4.39 Å². The molecule has 0 N–H and O–H groups in total. The fraction of sp³-hybridized carbons (Fsp3) is 0.281. The van der Waals surface area contributed by atoms with E-state index in [0.717, 1.165) is 50.9 Å². The first-order valence-corrected chi connectivity index (χ1v) is 13.1. The van der Waals surface area contributed by atoms with Gasteiger partial charge in [-0.2, -0.15) is 0 Å². The predicted octanol–water partition coefficient (Wildman–Crippen LogP) is 6.67. The van der Waals surface area contributed by atoms with Gasteiger partial charge in [0.05, 0.1) is 20.1 Å². The second-order valence-electron chi connectivity index (χ2n) is 10.2. The van der Waals surface area contributed by atoms with Crippen molar-refractivity contribution in [3.05, 3.63) is 94.8 Å². The first-order valence-electron chi connectivity index (χ1n) is 13.1. The lowest BCUT2D eigenvalue weighted by Gasteiger charge is -2.19. The number of fused-ring (bicyclic) bond motifs is 2. The fourth-order valence-electron chi connectivity index (χ4n) is 5.98. The first kappa shape index (κ1) is 25.0. The van der Waals surface area contributed by atoms with Crippen LogP contribution in [0.5, 0.6) is 11.5 Å². The molecule has 3 aromatic carbocycles. The summed E-state index contributed by atoms with van der Waals surface area (Å²) in [5.41, 5.74) is 9.00. The molecule has 6 rings (SSSR count). The summed E-state index contributed by atoms with van der Waals surface area (Å²) in [6, 6.07) is 13.4. The Morgan fingerprint density at radius 3 is 2.56 bits per heavy atom. The van der Waals surface area contributed by atoms with Gasteiger partial charge in [0.2, 0.25) is 0 Å². The number of carbonyl (C=O) groups excluding carboxylic acids is 1. The molecule has 39 heavy (non-hydrogen) atoms. The van der Waals surface area contributed by atoms with Crippen LogP contribution >= 0.6 is 0 Å². The molecule has 0 fully saturated rings. The quantitative estimate of drug-likeness (QED) is 0.262. The number of methoxy groups -OCH3 is 1. The van der Waals surface area contributed by atoms with Gasteiger partial charge in [-0.1, -0.05) is 24.3 Å². The van der Waals surface area contributed by atoms with Gasteiger partial charge in [-0.05, 0) is 72.2 Å². The molecule has 6 nitrogen and oxygen atoms in total. The zero-order valence-electron chi connectivity index (χ0n) is 22.2. The van der Waals surface area contributed by atoms with Crippen LogP contribution in [-0.4, -0.2) is 29.7 Å². The van der Waals surface area contributed by atoms with E-state index in [2.05, 4.69) is 35.9 Å². The second-order valence-corrected chi connectivity index (χ2v) is 10.2. The molecule has 1 aliphatic carbocycles. The Morgan fingerprint density at radius 2 is 1.82 bits per heavy atom. The zero-order chi connectivity index (χ0) is 27.1. The summed E-state index contributed by atoms with van der Waals surface area (Å²) < 4.78 is 32.3. The third-order valence-electron chi connectivity index (χ3n) is 7.76. The van der Waals surface area contributed by atoms with Crippen molar-refractivity contribution in [3.63, 3.8) is 0 Å². The van der Waals surface area contributed by atoms with Crippen molar-refractivity contribution in [2.45, 2.75) is 45.1 Å². The van der Waals surface area contributed by atoms with Crippen LogP contribution in [0.15, 0.2) is 61.2 Å². The summed E-state index contributed by atoms with van der Waals surface area (Å²) in [6.45, 7) is 4.60. The van der Waals surface area contributed by atoms with E-state index < -0.39 is 6.10 Å². The lowest BCUT2D eigenvalue weighted by molar-refractivity contribution is -0.141. The van der Waals surface area contributed by atoms with Gasteiger partial charge in [0.15, 0.2) is 0 Å². The van der Waals surface area contributed by atoms with Crippen molar-refractivity contribution in [2.24, 2.45) is 0 Å². The van der Waals surface area contributed by atoms with Crippen LogP contribution in [-0.2, 0) is 16.0 Å². The van der Waals surface area contributed by atoms with Gasteiger partial charge < -0.3 is 14.2 Å². The molecular formula is C32H29FN2O4. The number of ether oxygens (including phenoxy) is 3. The molecule has 1 aliphatic heterocycles. The minimum atomic E-state index is -0.397. The first-order chi connectivity index (χ1) is 18.9. The maximum Gasteiger partial charge on any atom is 0.306 e. The van der Waals surface area contributed by atoms with Crippen molar-refractivity contribution >= 4 is 5.97 Å². The highest BCUT2D eigenvalue weighted by Gasteiger charge is 2.32. The molecule has 7 heteroatoms. The molecule has 1 aromatic heterocycles. The Morgan fingerprint density at radius 1 is 1.05 bits per heavy atom. The summed E-state index contributed by atoms with van der Waals surface area (Å²) in [5, 5.41) is 0. The van der Waals surface area contributed by atoms with E-state index in [1.54, 1.807) is 6.07 Å². The number of rotatable bonds is 6. The highest BCUT2D eigenvalue weighted by atomic mass is 19.1. The number of nitrogens with zero attached hydrogens (tertiary/aromatic N) is 2. The van der Waals surface area contributed by atoms with Crippen LogP contribution in [0.3, 0.4) is 0 Å². The van der Waals surface area contributed by atoms with Gasteiger partial charge in [0.1, 0.15) is 29.7 Å². The topological polar surface area (TPSA) is 70.5 Å². The molecule has 0 saturated heterocycles. The molecular weight excluding hydrogens is 495 g/mol. The molecule has 2 aliphatic rings. The minimum Gasteiger partial charge on any atom is -0.492 e. The van der Waals surface area contributed by atoms with Crippen LogP contribution in [0.1, 0.15) is 52.7 Å². The number of benzene rings is 3. The van der Waals surface area contributed by atoms with E-state index in [1.165, 1.54) is 13.4 Å². The van der Waals surface area contributed by atoms with Gasteiger partial charge in [-0.15, -0.1) is 0 Å². The van der Waals surface area contributed by atoms with Crippen molar-refractivity contribution in [1.82, 2.24) is 9.97 Å².